The highest BCUT2D eigenvalue weighted by molar-refractivity contribution is 7.85. The highest BCUT2D eigenvalue weighted by Crippen LogP contribution is 2.75. The second-order valence-corrected chi connectivity index (χ2v) is 20.4. The van der Waals surface area contributed by atoms with E-state index in [1.807, 2.05) is 0 Å². The van der Waals surface area contributed by atoms with E-state index in [2.05, 4.69) is 50.1 Å². The third kappa shape index (κ3) is 4.46. The number of aldehydes is 2. The quantitative estimate of drug-likeness (QED) is 0.251. The normalized spacial score (nSPS) is 47.6. The molecule has 7 unspecified atom stereocenters. The molecular weight excluding hydrogens is 589 g/mol. The second-order valence-electron chi connectivity index (χ2n) is 18.7. The van der Waals surface area contributed by atoms with E-state index in [-0.39, 0.29) is 10.8 Å². The Morgan fingerprint density at radius 2 is 1.63 bits per heavy atom. The third-order valence-corrected chi connectivity index (χ3v) is 18.2. The molecule has 6 saturated carbocycles. The second kappa shape index (κ2) is 10.9. The molecule has 5 nitrogen and oxygen atoms in total. The lowest BCUT2D eigenvalue weighted by molar-refractivity contribution is -0.201. The highest BCUT2D eigenvalue weighted by Gasteiger charge is 2.68. The molecule has 0 aromatic rings. The first kappa shape index (κ1) is 32.1. The predicted molar refractivity (Wildman–Crippen MR) is 186 cm³/mol. The predicted octanol–water partition coefficient (Wildman–Crippen LogP) is 6.89. The molecule has 7 aliphatic carbocycles. The molecule has 0 aromatic heterocycles. The largest absolute Gasteiger partial charge is 0.310 e. The summed E-state index contributed by atoms with van der Waals surface area (Å²) < 4.78 is 11.9. The van der Waals surface area contributed by atoms with Crippen LogP contribution in [0.2, 0.25) is 0 Å². The van der Waals surface area contributed by atoms with Gasteiger partial charge in [0.25, 0.3) is 0 Å². The van der Waals surface area contributed by atoms with Gasteiger partial charge in [0.05, 0.1) is 5.41 Å². The molecule has 1 N–H and O–H groups in total. The summed E-state index contributed by atoms with van der Waals surface area (Å²) in [5.41, 5.74) is 4.14. The third-order valence-electron chi connectivity index (χ3n) is 17.0. The first-order valence-electron chi connectivity index (χ1n) is 19.1. The number of carbonyl (C=O) groups is 2. The number of hydrogen-bond acceptors (Lipinski definition) is 5. The number of rotatable bonds is 6. The standard InChI is InChI=1S/C40H60N2O3S/c1-28-30(29-22-38(23-29)24-39(25-38,26-43)27-44)9-12-35(2)31(28)10-13-37(4)34(35)8-7-32-33-6-5-11-40(33,15-14-36(32,37)3)41-16-17-42-18-20-46(45)21-19-42/h9,12,26-28,31-34,41H,5-8,10-11,13-25H2,1-4H3/t28?,31?,32?,33-,34?,35?,36-,37?,40?/m1/s1. The van der Waals surface area contributed by atoms with Crippen LogP contribution in [-0.2, 0) is 20.4 Å². The van der Waals surface area contributed by atoms with Crippen LogP contribution in [0.25, 0.3) is 0 Å². The molecule has 254 valence electrons. The van der Waals surface area contributed by atoms with Crippen molar-refractivity contribution in [3.05, 3.63) is 23.3 Å². The van der Waals surface area contributed by atoms with Crippen molar-refractivity contribution < 1.29 is 13.8 Å². The molecule has 1 aliphatic heterocycles. The molecule has 8 rings (SSSR count). The SMILES string of the molecule is CC1C(=C2CC3(C2)CC(C=O)(C=O)C3)C=CC2(C)C1CCC1(C)C2CCC2[C@H]3CCCC3(NCCN3CCS(=O)CC3)CC[C@]21C. The molecule has 1 spiro atoms. The smallest absolute Gasteiger partial charge is 0.133 e. The monoisotopic (exact) mass is 648 g/mol. The summed E-state index contributed by atoms with van der Waals surface area (Å²) in [5, 5.41) is 4.23. The van der Waals surface area contributed by atoms with E-state index >= 15 is 0 Å². The maximum absolute atomic E-state index is 11.9. The van der Waals surface area contributed by atoms with Crippen molar-refractivity contribution in [2.75, 3.05) is 37.7 Å². The van der Waals surface area contributed by atoms with Gasteiger partial charge in [-0.25, -0.2) is 0 Å². The summed E-state index contributed by atoms with van der Waals surface area (Å²) in [5.74, 6) is 5.41. The van der Waals surface area contributed by atoms with Crippen molar-refractivity contribution in [1.82, 2.24) is 10.2 Å². The molecule has 9 atom stereocenters. The van der Waals surface area contributed by atoms with Gasteiger partial charge < -0.3 is 19.8 Å². The van der Waals surface area contributed by atoms with Crippen LogP contribution >= 0.6 is 0 Å². The maximum atomic E-state index is 11.9. The molecule has 0 bridgehead atoms. The molecule has 0 amide bonds. The average Bonchev–Trinajstić information content (AvgIpc) is 3.43. The van der Waals surface area contributed by atoms with Gasteiger partial charge in [-0.15, -0.1) is 0 Å². The molecule has 7 fully saturated rings. The molecule has 0 radical (unpaired) electrons. The Labute approximate surface area is 281 Å². The maximum Gasteiger partial charge on any atom is 0.133 e. The van der Waals surface area contributed by atoms with Crippen molar-refractivity contribution in [2.45, 2.75) is 117 Å². The van der Waals surface area contributed by atoms with Gasteiger partial charge in [0.2, 0.25) is 0 Å². The van der Waals surface area contributed by atoms with E-state index in [1.54, 1.807) is 11.1 Å². The van der Waals surface area contributed by atoms with Crippen molar-refractivity contribution in [3.8, 4) is 0 Å². The number of hydrogen-bond donors (Lipinski definition) is 1. The number of nitrogens with one attached hydrogen (secondary N) is 1. The zero-order valence-electron chi connectivity index (χ0n) is 29.2. The fourth-order valence-corrected chi connectivity index (χ4v) is 15.6. The van der Waals surface area contributed by atoms with Crippen LogP contribution in [0.5, 0.6) is 0 Å². The summed E-state index contributed by atoms with van der Waals surface area (Å²) in [6.07, 6.45) is 23.2. The molecule has 1 heterocycles. The van der Waals surface area contributed by atoms with Gasteiger partial charge in [-0.2, -0.15) is 0 Å². The minimum atomic E-state index is -0.685. The minimum absolute atomic E-state index is 0.219. The van der Waals surface area contributed by atoms with Crippen molar-refractivity contribution in [1.29, 1.82) is 0 Å². The highest BCUT2D eigenvalue weighted by atomic mass is 32.2. The summed E-state index contributed by atoms with van der Waals surface area (Å²) in [6, 6.07) is 0. The first-order valence-corrected chi connectivity index (χ1v) is 20.6. The lowest BCUT2D eigenvalue weighted by atomic mass is 9.34. The Bertz CT molecular complexity index is 1340. The van der Waals surface area contributed by atoms with E-state index in [9.17, 15) is 13.8 Å². The lowest BCUT2D eigenvalue weighted by Gasteiger charge is -2.71. The average molecular weight is 649 g/mol. The van der Waals surface area contributed by atoms with Gasteiger partial charge in [-0.1, -0.05) is 51.8 Å². The van der Waals surface area contributed by atoms with E-state index in [0.717, 1.165) is 93.7 Å². The van der Waals surface area contributed by atoms with Crippen LogP contribution in [0.4, 0.5) is 0 Å². The van der Waals surface area contributed by atoms with Gasteiger partial charge in [-0.3, -0.25) is 4.21 Å². The fourth-order valence-electron chi connectivity index (χ4n) is 14.5. The molecule has 8 aliphatic rings. The van der Waals surface area contributed by atoms with Gasteiger partial charge in [0.1, 0.15) is 12.6 Å². The number of carbonyl (C=O) groups excluding carboxylic acids is 2. The summed E-state index contributed by atoms with van der Waals surface area (Å²) >= 11 is 0. The molecule has 46 heavy (non-hydrogen) atoms. The van der Waals surface area contributed by atoms with Crippen molar-refractivity contribution >= 4 is 23.4 Å². The summed E-state index contributed by atoms with van der Waals surface area (Å²) in [6.45, 7) is 14.9. The van der Waals surface area contributed by atoms with Crippen LogP contribution < -0.4 is 5.32 Å². The van der Waals surface area contributed by atoms with Crippen LogP contribution in [0.3, 0.4) is 0 Å². The van der Waals surface area contributed by atoms with E-state index in [1.165, 1.54) is 57.8 Å². The topological polar surface area (TPSA) is 66.5 Å². The van der Waals surface area contributed by atoms with Crippen LogP contribution in [0.15, 0.2) is 23.3 Å². The van der Waals surface area contributed by atoms with Crippen LogP contribution in [-0.4, -0.2) is 64.9 Å². The Morgan fingerprint density at radius 1 is 0.891 bits per heavy atom. The summed E-state index contributed by atoms with van der Waals surface area (Å²) in [4.78, 5) is 25.6. The van der Waals surface area contributed by atoms with E-state index in [4.69, 9.17) is 0 Å². The number of fused-ring (bicyclic) bond motifs is 7. The van der Waals surface area contributed by atoms with Gasteiger partial charge in [0, 0.05) is 54.0 Å². The minimum Gasteiger partial charge on any atom is -0.310 e. The molecule has 1 saturated heterocycles. The zero-order chi connectivity index (χ0) is 32.2. The van der Waals surface area contributed by atoms with Crippen molar-refractivity contribution in [2.24, 2.45) is 56.7 Å². The summed E-state index contributed by atoms with van der Waals surface area (Å²) in [7, 11) is -0.595. The fraction of sp³-hybridized carbons (Fsp3) is 0.850. The number of nitrogens with zero attached hydrogens (tertiary/aromatic N) is 1. The van der Waals surface area contributed by atoms with Crippen molar-refractivity contribution in [3.63, 3.8) is 0 Å². The Balaban J connectivity index is 0.983. The van der Waals surface area contributed by atoms with Crippen LogP contribution in [0, 0.1) is 56.7 Å². The molecular formula is C40H60N2O3S. The number of allylic oxidation sites excluding steroid dienone is 4. The molecule has 6 heteroatoms. The Morgan fingerprint density at radius 3 is 2.35 bits per heavy atom. The van der Waals surface area contributed by atoms with E-state index < -0.39 is 16.2 Å². The molecule has 0 aromatic carbocycles. The first-order chi connectivity index (χ1) is 21.9. The Kier molecular flexibility index (Phi) is 7.64. The van der Waals surface area contributed by atoms with Gasteiger partial charge >= 0.3 is 0 Å². The lowest BCUT2D eigenvalue weighted by Crippen LogP contribution is -2.67. The van der Waals surface area contributed by atoms with Crippen LogP contribution in [0.1, 0.15) is 111 Å². The zero-order valence-corrected chi connectivity index (χ0v) is 30.0. The Hall–Kier alpha value is -1.11. The van der Waals surface area contributed by atoms with Gasteiger partial charge in [-0.05, 0) is 134 Å². The van der Waals surface area contributed by atoms with E-state index in [0.29, 0.717) is 28.2 Å². The van der Waals surface area contributed by atoms with Gasteiger partial charge in [0.15, 0.2) is 0 Å².